The van der Waals surface area contributed by atoms with Gasteiger partial charge in [-0.2, -0.15) is 0 Å². The summed E-state index contributed by atoms with van der Waals surface area (Å²) >= 11 is 0. The van der Waals surface area contributed by atoms with E-state index in [1.54, 1.807) is 11.9 Å². The number of aryl methyl sites for hydroxylation is 4. The molecule has 0 saturated carbocycles. The second-order valence-electron chi connectivity index (χ2n) is 7.45. The van der Waals surface area contributed by atoms with Gasteiger partial charge in [0.2, 0.25) is 5.91 Å². The van der Waals surface area contributed by atoms with Crippen LogP contribution in [0.1, 0.15) is 45.4 Å². The number of likely N-dealkylation sites (N-methyl/N-ethyl adjacent to an activating group) is 1. The van der Waals surface area contributed by atoms with E-state index in [1.807, 2.05) is 40.7 Å². The molecule has 0 bridgehead atoms. The Balaban J connectivity index is 2.00. The fraction of sp³-hybridized carbons (Fsp3) is 0.455. The minimum absolute atomic E-state index is 0.0424. The molecule has 1 aromatic carbocycles. The van der Waals surface area contributed by atoms with E-state index in [-0.39, 0.29) is 24.8 Å². The van der Waals surface area contributed by atoms with Crippen molar-refractivity contribution in [1.29, 1.82) is 0 Å². The van der Waals surface area contributed by atoms with Gasteiger partial charge in [0, 0.05) is 29.2 Å². The largest absolute Gasteiger partial charge is 0.349 e. The second-order valence-corrected chi connectivity index (χ2v) is 7.45. The van der Waals surface area contributed by atoms with Crippen LogP contribution in [0.15, 0.2) is 18.2 Å². The topological polar surface area (TPSA) is 54.3 Å². The van der Waals surface area contributed by atoms with E-state index in [1.165, 1.54) is 5.56 Å². The highest BCUT2D eigenvalue weighted by atomic mass is 16.2. The standard InChI is InChI=1S/C22H31N3O2/c1-8-25-17(5)11-19(18(25)6)20(26)12-24(7)13-21(27)23-22-15(3)9-14(2)10-16(22)4/h9-11H,8,12-13H2,1-7H3,(H,23,27). The summed E-state index contributed by atoms with van der Waals surface area (Å²) in [6.45, 7) is 13.3. The Kier molecular flexibility index (Phi) is 6.60. The molecular weight excluding hydrogens is 338 g/mol. The fourth-order valence-corrected chi connectivity index (χ4v) is 3.76. The molecule has 0 spiro atoms. The van der Waals surface area contributed by atoms with Gasteiger partial charge < -0.3 is 9.88 Å². The average Bonchev–Trinajstić information content (AvgIpc) is 2.84. The van der Waals surface area contributed by atoms with Crippen molar-refractivity contribution in [3.05, 3.63) is 51.8 Å². The van der Waals surface area contributed by atoms with E-state index >= 15 is 0 Å². The van der Waals surface area contributed by atoms with Crippen LogP contribution < -0.4 is 5.32 Å². The summed E-state index contributed by atoms with van der Waals surface area (Å²) < 4.78 is 2.13. The molecule has 1 aromatic heterocycles. The smallest absolute Gasteiger partial charge is 0.238 e. The first-order chi connectivity index (χ1) is 12.6. The number of Topliss-reactive ketones (excluding diaryl/α,β-unsaturated/α-hetero) is 1. The molecule has 0 unspecified atom stereocenters. The summed E-state index contributed by atoms with van der Waals surface area (Å²) in [5, 5.41) is 2.99. The number of amides is 1. The van der Waals surface area contributed by atoms with Gasteiger partial charge in [-0.3, -0.25) is 14.5 Å². The maximum Gasteiger partial charge on any atom is 0.238 e. The fourth-order valence-electron chi connectivity index (χ4n) is 3.76. The minimum Gasteiger partial charge on any atom is -0.349 e. The highest BCUT2D eigenvalue weighted by molar-refractivity contribution is 5.99. The molecule has 0 atom stereocenters. The number of aromatic nitrogens is 1. The Morgan fingerprint density at radius 3 is 2.11 bits per heavy atom. The normalized spacial score (nSPS) is 11.1. The van der Waals surface area contributed by atoms with E-state index < -0.39 is 0 Å². The Labute approximate surface area is 162 Å². The third-order valence-electron chi connectivity index (χ3n) is 4.96. The van der Waals surface area contributed by atoms with Crippen LogP contribution in [0.2, 0.25) is 0 Å². The molecule has 146 valence electrons. The van der Waals surface area contributed by atoms with Gasteiger partial charge in [0.25, 0.3) is 0 Å². The molecule has 0 saturated heterocycles. The maximum absolute atomic E-state index is 12.7. The number of nitrogens with zero attached hydrogens (tertiary/aromatic N) is 2. The predicted molar refractivity (Wildman–Crippen MR) is 111 cm³/mol. The number of carbonyl (C=O) groups is 2. The van der Waals surface area contributed by atoms with Crippen LogP contribution in [0.5, 0.6) is 0 Å². The number of rotatable bonds is 7. The maximum atomic E-state index is 12.7. The predicted octanol–water partition coefficient (Wildman–Crippen LogP) is 3.80. The average molecular weight is 370 g/mol. The SMILES string of the molecule is CCn1c(C)cc(C(=O)CN(C)CC(=O)Nc2c(C)cc(C)cc2C)c1C. The van der Waals surface area contributed by atoms with Crippen molar-refractivity contribution in [2.75, 3.05) is 25.5 Å². The van der Waals surface area contributed by atoms with Gasteiger partial charge in [0.05, 0.1) is 13.1 Å². The zero-order valence-corrected chi connectivity index (χ0v) is 17.6. The van der Waals surface area contributed by atoms with Crippen molar-refractivity contribution >= 4 is 17.4 Å². The lowest BCUT2D eigenvalue weighted by Gasteiger charge is -2.17. The molecule has 0 aliphatic carbocycles. The summed E-state index contributed by atoms with van der Waals surface area (Å²) in [4.78, 5) is 26.8. The number of ketones is 1. The van der Waals surface area contributed by atoms with Crippen molar-refractivity contribution in [2.24, 2.45) is 0 Å². The van der Waals surface area contributed by atoms with Gasteiger partial charge in [-0.1, -0.05) is 17.7 Å². The first-order valence-corrected chi connectivity index (χ1v) is 9.40. The van der Waals surface area contributed by atoms with E-state index in [0.29, 0.717) is 0 Å². The molecule has 1 amide bonds. The zero-order chi connectivity index (χ0) is 20.3. The second kappa shape index (κ2) is 8.53. The number of hydrogen-bond donors (Lipinski definition) is 1. The monoisotopic (exact) mass is 369 g/mol. The zero-order valence-electron chi connectivity index (χ0n) is 17.6. The summed E-state index contributed by atoms with van der Waals surface area (Å²) in [6, 6.07) is 6.05. The molecule has 0 aliphatic rings. The van der Waals surface area contributed by atoms with Crippen LogP contribution in [0.4, 0.5) is 5.69 Å². The number of benzene rings is 1. The van der Waals surface area contributed by atoms with Crippen LogP contribution in [0.3, 0.4) is 0 Å². The number of hydrogen-bond acceptors (Lipinski definition) is 3. The third kappa shape index (κ3) is 4.86. The lowest BCUT2D eigenvalue weighted by atomic mass is 10.1. The molecule has 0 aliphatic heterocycles. The van der Waals surface area contributed by atoms with Crippen LogP contribution in [0, 0.1) is 34.6 Å². The Morgan fingerprint density at radius 1 is 1.00 bits per heavy atom. The van der Waals surface area contributed by atoms with E-state index in [4.69, 9.17) is 0 Å². The molecular formula is C22H31N3O2. The Bertz CT molecular complexity index is 842. The van der Waals surface area contributed by atoms with Crippen LogP contribution in [-0.4, -0.2) is 41.3 Å². The van der Waals surface area contributed by atoms with Gasteiger partial charge in [-0.25, -0.2) is 0 Å². The highest BCUT2D eigenvalue weighted by Crippen LogP contribution is 2.22. The summed E-state index contributed by atoms with van der Waals surface area (Å²) in [5.74, 6) is -0.0693. The van der Waals surface area contributed by atoms with Crippen molar-refractivity contribution in [2.45, 2.75) is 48.1 Å². The van der Waals surface area contributed by atoms with E-state index in [2.05, 4.69) is 28.9 Å². The molecule has 1 N–H and O–H groups in total. The molecule has 5 heteroatoms. The summed E-state index contributed by atoms with van der Waals surface area (Å²) in [6.07, 6.45) is 0. The van der Waals surface area contributed by atoms with Gasteiger partial charge in [-0.15, -0.1) is 0 Å². The highest BCUT2D eigenvalue weighted by Gasteiger charge is 2.18. The van der Waals surface area contributed by atoms with Crippen molar-refractivity contribution in [3.8, 4) is 0 Å². The summed E-state index contributed by atoms with van der Waals surface area (Å²) in [5.41, 5.74) is 6.95. The van der Waals surface area contributed by atoms with Crippen LogP contribution >= 0.6 is 0 Å². The molecule has 2 aromatic rings. The molecule has 2 rings (SSSR count). The summed E-state index contributed by atoms with van der Waals surface area (Å²) in [7, 11) is 1.80. The molecule has 1 heterocycles. The van der Waals surface area contributed by atoms with Crippen LogP contribution in [-0.2, 0) is 11.3 Å². The Hall–Kier alpha value is -2.40. The van der Waals surface area contributed by atoms with Gasteiger partial charge in [0.15, 0.2) is 5.78 Å². The quantitative estimate of drug-likeness (QED) is 0.755. The number of nitrogens with one attached hydrogen (secondary N) is 1. The van der Waals surface area contributed by atoms with Crippen molar-refractivity contribution in [1.82, 2.24) is 9.47 Å². The van der Waals surface area contributed by atoms with Crippen LogP contribution in [0.25, 0.3) is 0 Å². The molecule has 27 heavy (non-hydrogen) atoms. The minimum atomic E-state index is -0.112. The van der Waals surface area contributed by atoms with Crippen molar-refractivity contribution in [3.63, 3.8) is 0 Å². The number of carbonyl (C=O) groups excluding carboxylic acids is 2. The molecule has 0 radical (unpaired) electrons. The first-order valence-electron chi connectivity index (χ1n) is 9.40. The first kappa shape index (κ1) is 20.9. The van der Waals surface area contributed by atoms with Gasteiger partial charge in [-0.05, 0) is 65.8 Å². The number of anilines is 1. The Morgan fingerprint density at radius 2 is 1.59 bits per heavy atom. The van der Waals surface area contributed by atoms with Gasteiger partial charge in [0.1, 0.15) is 0 Å². The molecule has 5 nitrogen and oxygen atoms in total. The lowest BCUT2D eigenvalue weighted by molar-refractivity contribution is -0.116. The van der Waals surface area contributed by atoms with Crippen molar-refractivity contribution < 1.29 is 9.59 Å². The van der Waals surface area contributed by atoms with Gasteiger partial charge >= 0.3 is 0 Å². The third-order valence-corrected chi connectivity index (χ3v) is 4.96. The van der Waals surface area contributed by atoms with E-state index in [9.17, 15) is 9.59 Å². The van der Waals surface area contributed by atoms with E-state index in [0.717, 1.165) is 40.3 Å². The molecule has 0 fully saturated rings. The lowest BCUT2D eigenvalue weighted by Crippen LogP contribution is -2.34.